The number of ketones is 1. The molecule has 4 fully saturated rings. The second-order valence-electron chi connectivity index (χ2n) is 8.28. The Labute approximate surface area is 135 Å². The third-order valence-electron chi connectivity index (χ3n) is 7.53. The lowest BCUT2D eigenvalue weighted by atomic mass is 9.45. The second kappa shape index (κ2) is 4.57. The summed E-state index contributed by atoms with van der Waals surface area (Å²) in [6, 6.07) is 0. The van der Waals surface area contributed by atoms with Gasteiger partial charge in [-0.1, -0.05) is 13.8 Å². The molecule has 2 heteroatoms. The van der Waals surface area contributed by atoms with E-state index in [2.05, 4.69) is 6.92 Å². The number of hydrogen-bond acceptors (Lipinski definition) is 2. The van der Waals surface area contributed by atoms with Crippen LogP contribution in [0.1, 0.15) is 78.4 Å². The van der Waals surface area contributed by atoms with Crippen LogP contribution in [0.5, 0.6) is 0 Å². The van der Waals surface area contributed by atoms with Gasteiger partial charge in [0.25, 0.3) is 0 Å². The van der Waals surface area contributed by atoms with Crippen molar-refractivity contribution in [3.63, 3.8) is 0 Å². The molecule has 7 atom stereocenters. The van der Waals surface area contributed by atoms with Gasteiger partial charge in [-0.3, -0.25) is 4.79 Å². The van der Waals surface area contributed by atoms with Crippen molar-refractivity contribution >= 4 is 5.78 Å². The van der Waals surface area contributed by atoms with Gasteiger partial charge in [0.1, 0.15) is 5.78 Å². The first-order chi connectivity index (χ1) is 11.8. The molecule has 0 aromatic heterocycles. The van der Waals surface area contributed by atoms with E-state index in [9.17, 15) is 9.90 Å². The van der Waals surface area contributed by atoms with Crippen molar-refractivity contribution in [2.24, 2.45) is 34.5 Å². The molecule has 1 N–H and O–H groups in total. The van der Waals surface area contributed by atoms with Gasteiger partial charge in [-0.15, -0.1) is 0 Å². The van der Waals surface area contributed by atoms with Crippen molar-refractivity contribution in [3.05, 3.63) is 0 Å². The molecule has 21 heavy (non-hydrogen) atoms. The second-order valence-corrected chi connectivity index (χ2v) is 8.28. The van der Waals surface area contributed by atoms with Crippen molar-refractivity contribution in [1.82, 2.24) is 0 Å². The fourth-order valence-corrected chi connectivity index (χ4v) is 6.21. The van der Waals surface area contributed by atoms with E-state index >= 15 is 0 Å². The van der Waals surface area contributed by atoms with Gasteiger partial charge in [-0.05, 0) is 80.4 Å². The molecular weight excluding hydrogens is 260 g/mol. The Balaban J connectivity index is 1.75. The molecule has 0 aromatic carbocycles. The molecule has 4 aliphatic carbocycles. The average molecular weight is 295 g/mol. The van der Waals surface area contributed by atoms with E-state index in [-0.39, 0.29) is 17.8 Å². The first kappa shape index (κ1) is 9.70. The minimum Gasteiger partial charge on any atom is -0.393 e. The largest absolute Gasteiger partial charge is 0.393 e. The van der Waals surface area contributed by atoms with E-state index in [1.165, 1.54) is 0 Å². The molecule has 4 aliphatic rings. The number of carbonyl (C=O) groups excluding carboxylic acids is 1. The van der Waals surface area contributed by atoms with Crippen molar-refractivity contribution < 1.29 is 16.8 Å². The van der Waals surface area contributed by atoms with Crippen molar-refractivity contribution in [2.45, 2.75) is 77.6 Å². The van der Waals surface area contributed by atoms with Gasteiger partial charge < -0.3 is 5.11 Å². The third kappa shape index (κ3) is 1.84. The van der Waals surface area contributed by atoms with Crippen LogP contribution in [-0.4, -0.2) is 17.0 Å². The highest BCUT2D eigenvalue weighted by atomic mass is 16.3. The predicted molar refractivity (Wildman–Crippen MR) is 82.7 cm³/mol. The van der Waals surface area contributed by atoms with E-state index in [1.807, 2.05) is 6.92 Å². The number of Topliss-reactive ketones (excluding diaryl/α,β-unsaturated/α-hetero) is 1. The van der Waals surface area contributed by atoms with Crippen LogP contribution in [0, 0.1) is 34.5 Å². The smallest absolute Gasteiger partial charge is 0.139 e. The lowest BCUT2D eigenvalue weighted by Gasteiger charge is -2.60. The van der Waals surface area contributed by atoms with Crippen LogP contribution in [0.3, 0.4) is 0 Å². The summed E-state index contributed by atoms with van der Waals surface area (Å²) in [6.45, 7) is 4.08. The van der Waals surface area contributed by atoms with Gasteiger partial charge >= 0.3 is 0 Å². The fourth-order valence-electron chi connectivity index (χ4n) is 6.21. The van der Waals surface area contributed by atoms with Crippen LogP contribution in [-0.2, 0) is 4.79 Å². The van der Waals surface area contributed by atoms with E-state index in [0.717, 1.165) is 25.7 Å². The van der Waals surface area contributed by atoms with E-state index in [4.69, 9.17) is 6.85 Å². The molecule has 0 bridgehead atoms. The number of rotatable bonds is 0. The molecule has 0 unspecified atom stereocenters. The van der Waals surface area contributed by atoms with E-state index < -0.39 is 30.2 Å². The van der Waals surface area contributed by atoms with Gasteiger partial charge in [-0.25, -0.2) is 0 Å². The maximum atomic E-state index is 12.5. The van der Waals surface area contributed by atoms with Crippen molar-refractivity contribution in [3.8, 4) is 0 Å². The summed E-state index contributed by atoms with van der Waals surface area (Å²) in [7, 11) is 0. The summed E-state index contributed by atoms with van der Waals surface area (Å²) < 4.78 is 41.7. The Bertz CT molecular complexity index is 648. The summed E-state index contributed by atoms with van der Waals surface area (Å²) in [5.41, 5.74) is -0.844. The van der Waals surface area contributed by atoms with Crippen LogP contribution < -0.4 is 0 Å². The zero-order valence-electron chi connectivity index (χ0n) is 18.1. The molecule has 0 amide bonds. The minimum absolute atomic E-state index is 0.0166. The number of fused-ring (bicyclic) bond motifs is 5. The molecule has 118 valence electrons. The third-order valence-corrected chi connectivity index (χ3v) is 7.53. The summed E-state index contributed by atoms with van der Waals surface area (Å²) in [6.07, 6.45) is -2.77. The first-order valence-corrected chi connectivity index (χ1v) is 8.55. The summed E-state index contributed by atoms with van der Waals surface area (Å²) in [5.74, 6) is 0.642. The van der Waals surface area contributed by atoms with Gasteiger partial charge in [0.2, 0.25) is 0 Å². The van der Waals surface area contributed by atoms with Gasteiger partial charge in [-0.2, -0.15) is 0 Å². The van der Waals surface area contributed by atoms with Crippen LogP contribution >= 0.6 is 0 Å². The van der Waals surface area contributed by atoms with Crippen LogP contribution in [0.4, 0.5) is 0 Å². The number of hydrogen-bond donors (Lipinski definition) is 1. The molecule has 0 aromatic rings. The molecule has 0 radical (unpaired) electrons. The molecule has 0 heterocycles. The zero-order chi connectivity index (χ0) is 19.3. The monoisotopic (exact) mass is 295 g/mol. The normalized spacial score (nSPS) is 68.3. The Kier molecular flexibility index (Phi) is 2.11. The van der Waals surface area contributed by atoms with Crippen LogP contribution in [0.15, 0.2) is 0 Å². The molecule has 4 saturated carbocycles. The highest BCUT2D eigenvalue weighted by Gasteiger charge is 2.60. The van der Waals surface area contributed by atoms with Crippen molar-refractivity contribution in [2.75, 3.05) is 0 Å². The molecule has 4 rings (SSSR count). The van der Waals surface area contributed by atoms with Crippen LogP contribution in [0.25, 0.3) is 0 Å². The Morgan fingerprint density at radius 2 is 2.00 bits per heavy atom. The average Bonchev–Trinajstić information content (AvgIpc) is 2.81. The Hall–Kier alpha value is -0.370. The van der Waals surface area contributed by atoms with Crippen LogP contribution in [0.2, 0.25) is 0 Å². The van der Waals surface area contributed by atoms with E-state index in [1.54, 1.807) is 0 Å². The molecular formula is C19H30O2. The molecule has 0 saturated heterocycles. The van der Waals surface area contributed by atoms with Gasteiger partial charge in [0, 0.05) is 17.3 Å². The number of aliphatic hydroxyl groups is 1. The minimum atomic E-state index is -2.73. The van der Waals surface area contributed by atoms with E-state index in [0.29, 0.717) is 30.5 Å². The van der Waals surface area contributed by atoms with Crippen molar-refractivity contribution in [1.29, 1.82) is 0 Å². The quantitative estimate of drug-likeness (QED) is 0.734. The van der Waals surface area contributed by atoms with Gasteiger partial charge in [0.05, 0.1) is 7.45 Å². The van der Waals surface area contributed by atoms with Gasteiger partial charge in [0.15, 0.2) is 0 Å². The molecule has 0 spiro atoms. The summed E-state index contributed by atoms with van der Waals surface area (Å²) in [4.78, 5) is 12.5. The number of carbonyl (C=O) groups is 1. The first-order valence-electron chi connectivity index (χ1n) is 11.0. The molecule has 2 nitrogen and oxygen atoms in total. The highest BCUT2D eigenvalue weighted by molar-refractivity contribution is 5.87. The summed E-state index contributed by atoms with van der Waals surface area (Å²) >= 11 is 0. The Morgan fingerprint density at radius 1 is 1.19 bits per heavy atom. The molecule has 0 aliphatic heterocycles. The Morgan fingerprint density at radius 3 is 2.81 bits per heavy atom. The standard InChI is InChI=1S/C19H30O2/c1-18-9-7-13(20)11-12(18)3-4-14-15-5-6-17(21)19(15,2)10-8-16(14)18/h12-16,20H,3-11H2,1-2H3/t12-,13-,14-,15-,16-,18-,19-/m0/s1/i7D2,11D2,13D. The SMILES string of the molecule is [2H]C1([2H])C[C@]2(C)[C@H]3CC[C@]4(C)C(=O)CC[C@H]4[C@@H]3CC[C@H]2C([2H])([2H])[C@@]1([2H])O. The lowest BCUT2D eigenvalue weighted by Crippen LogP contribution is -2.54. The fraction of sp³-hybridized carbons (Fsp3) is 0.947. The topological polar surface area (TPSA) is 37.3 Å². The maximum Gasteiger partial charge on any atom is 0.139 e. The lowest BCUT2D eigenvalue weighted by molar-refractivity contribution is -0.142. The predicted octanol–water partition coefficient (Wildman–Crippen LogP) is 3.96. The maximum absolute atomic E-state index is 12.5. The zero-order valence-corrected chi connectivity index (χ0v) is 13.1. The highest BCUT2D eigenvalue weighted by Crippen LogP contribution is 2.65. The summed E-state index contributed by atoms with van der Waals surface area (Å²) in [5, 5.41) is 10.5.